The summed E-state index contributed by atoms with van der Waals surface area (Å²) in [5.41, 5.74) is 3.39. The minimum absolute atomic E-state index is 0.131. The number of aromatic nitrogens is 1. The zero-order chi connectivity index (χ0) is 23.4. The Hall–Kier alpha value is -3.64. The van der Waals surface area contributed by atoms with Crippen molar-refractivity contribution in [2.24, 2.45) is 0 Å². The first-order chi connectivity index (χ1) is 16.0. The highest BCUT2D eigenvalue weighted by molar-refractivity contribution is 6.36. The quantitative estimate of drug-likeness (QED) is 0.465. The molecule has 0 spiro atoms. The fourth-order valence-corrected chi connectivity index (χ4v) is 3.77. The van der Waals surface area contributed by atoms with E-state index in [1.54, 1.807) is 42.7 Å². The summed E-state index contributed by atoms with van der Waals surface area (Å²) in [6.45, 7) is 4.64. The van der Waals surface area contributed by atoms with Crippen LogP contribution in [0.1, 0.15) is 30.0 Å². The molecule has 2 aromatic carbocycles. The van der Waals surface area contributed by atoms with Gasteiger partial charge in [0.05, 0.1) is 18.7 Å². The van der Waals surface area contributed by atoms with Crippen molar-refractivity contribution in [2.75, 3.05) is 11.9 Å². The van der Waals surface area contributed by atoms with Crippen LogP contribution in [0.3, 0.4) is 0 Å². The highest BCUT2D eigenvalue weighted by Gasteiger charge is 2.39. The summed E-state index contributed by atoms with van der Waals surface area (Å²) >= 11 is 6.27. The second-order valence-corrected chi connectivity index (χ2v) is 8.13. The Balaban J connectivity index is 1.73. The molecular weight excluding hydrogens is 438 g/mol. The molecule has 0 unspecified atom stereocenters. The number of benzene rings is 2. The molecule has 0 aliphatic carbocycles. The second kappa shape index (κ2) is 9.88. The van der Waals surface area contributed by atoms with Crippen molar-refractivity contribution in [1.82, 2.24) is 9.88 Å². The lowest BCUT2D eigenvalue weighted by Crippen LogP contribution is -2.32. The Labute approximate surface area is 197 Å². The minimum Gasteiger partial charge on any atom is -0.494 e. The number of hydrogen-bond acceptors (Lipinski definition) is 5. The lowest BCUT2D eigenvalue weighted by Gasteiger charge is -2.15. The van der Waals surface area contributed by atoms with Crippen LogP contribution in [0.25, 0.3) is 5.57 Å². The molecule has 0 radical (unpaired) electrons. The average molecular weight is 462 g/mol. The van der Waals surface area contributed by atoms with Gasteiger partial charge in [-0.3, -0.25) is 19.5 Å². The fourth-order valence-electron chi connectivity index (χ4n) is 3.59. The number of rotatable bonds is 8. The summed E-state index contributed by atoms with van der Waals surface area (Å²) in [4.78, 5) is 32.2. The van der Waals surface area contributed by atoms with Crippen molar-refractivity contribution in [3.05, 3.63) is 94.4 Å². The third-order valence-electron chi connectivity index (χ3n) is 5.37. The molecule has 1 aliphatic heterocycles. The van der Waals surface area contributed by atoms with E-state index < -0.39 is 5.91 Å². The second-order valence-electron chi connectivity index (χ2n) is 7.72. The molecule has 0 saturated carbocycles. The highest BCUT2D eigenvalue weighted by Crippen LogP contribution is 2.34. The van der Waals surface area contributed by atoms with Crippen LogP contribution in [-0.4, -0.2) is 28.3 Å². The molecule has 1 aromatic heterocycles. The highest BCUT2D eigenvalue weighted by atomic mass is 35.5. The molecule has 1 aliphatic rings. The number of ether oxygens (including phenoxy) is 1. The largest absolute Gasteiger partial charge is 0.494 e. The van der Waals surface area contributed by atoms with Gasteiger partial charge in [-0.2, -0.15) is 0 Å². The van der Waals surface area contributed by atoms with E-state index >= 15 is 0 Å². The van der Waals surface area contributed by atoms with Gasteiger partial charge in [-0.25, -0.2) is 0 Å². The van der Waals surface area contributed by atoms with Gasteiger partial charge in [0.15, 0.2) is 0 Å². The Bertz CT molecular complexity index is 1210. The molecule has 0 saturated heterocycles. The molecule has 0 atom stereocenters. The van der Waals surface area contributed by atoms with Crippen LogP contribution in [0, 0.1) is 6.92 Å². The van der Waals surface area contributed by atoms with Crippen LogP contribution in [0.2, 0.25) is 5.02 Å². The van der Waals surface area contributed by atoms with E-state index in [0.29, 0.717) is 34.2 Å². The third-order valence-corrected chi connectivity index (χ3v) is 5.78. The molecule has 7 heteroatoms. The van der Waals surface area contributed by atoms with E-state index in [1.165, 1.54) is 4.90 Å². The predicted molar refractivity (Wildman–Crippen MR) is 129 cm³/mol. The van der Waals surface area contributed by atoms with Gasteiger partial charge in [-0.05, 0) is 60.4 Å². The molecule has 0 fully saturated rings. The summed E-state index contributed by atoms with van der Waals surface area (Å²) in [5.74, 6) is -0.0526. The van der Waals surface area contributed by atoms with Crippen LogP contribution < -0.4 is 10.1 Å². The number of amides is 2. The van der Waals surface area contributed by atoms with Crippen LogP contribution in [0.4, 0.5) is 5.69 Å². The zero-order valence-corrected chi connectivity index (χ0v) is 19.2. The van der Waals surface area contributed by atoms with Crippen LogP contribution in [-0.2, 0) is 16.1 Å². The van der Waals surface area contributed by atoms with Crippen molar-refractivity contribution in [3.8, 4) is 5.75 Å². The Morgan fingerprint density at radius 1 is 1.03 bits per heavy atom. The standard InChI is InChI=1S/C26H24ClN3O3/c1-3-14-33-20-11-9-19(10-12-20)23-24(29-22-8-4-7-21(27)17(22)2)26(32)30(25(23)31)16-18-6-5-13-28-15-18/h4-13,15,29H,3,14,16H2,1-2H3. The Morgan fingerprint density at radius 3 is 2.52 bits per heavy atom. The lowest BCUT2D eigenvalue weighted by molar-refractivity contribution is -0.137. The van der Waals surface area contributed by atoms with E-state index in [2.05, 4.69) is 10.3 Å². The van der Waals surface area contributed by atoms with Crippen LogP contribution >= 0.6 is 11.6 Å². The molecule has 3 aromatic rings. The number of nitrogens with one attached hydrogen (secondary N) is 1. The summed E-state index contributed by atoms with van der Waals surface area (Å²) in [5, 5.41) is 3.75. The Kier molecular flexibility index (Phi) is 6.75. The van der Waals surface area contributed by atoms with Crippen molar-refractivity contribution in [1.29, 1.82) is 0 Å². The summed E-state index contributed by atoms with van der Waals surface area (Å²) < 4.78 is 5.66. The molecule has 33 heavy (non-hydrogen) atoms. The van der Waals surface area contributed by atoms with E-state index in [9.17, 15) is 9.59 Å². The first-order valence-electron chi connectivity index (χ1n) is 10.7. The number of anilines is 1. The summed E-state index contributed by atoms with van der Waals surface area (Å²) in [6, 6.07) is 16.2. The first kappa shape index (κ1) is 22.6. The van der Waals surface area contributed by atoms with E-state index in [4.69, 9.17) is 16.3 Å². The topological polar surface area (TPSA) is 71.5 Å². The van der Waals surface area contributed by atoms with Gasteiger partial charge < -0.3 is 10.1 Å². The smallest absolute Gasteiger partial charge is 0.278 e. The number of carbonyl (C=O) groups excluding carboxylic acids is 2. The number of halogens is 1. The van der Waals surface area contributed by atoms with E-state index in [0.717, 1.165) is 17.5 Å². The fraction of sp³-hybridized carbons (Fsp3) is 0.192. The molecular formula is C26H24ClN3O3. The molecule has 2 amide bonds. The SMILES string of the molecule is CCCOc1ccc(C2=C(Nc3cccc(Cl)c3C)C(=O)N(Cc3cccnc3)C2=O)cc1. The average Bonchev–Trinajstić information content (AvgIpc) is 3.06. The number of nitrogens with zero attached hydrogens (tertiary/aromatic N) is 2. The van der Waals surface area contributed by atoms with E-state index in [1.807, 2.05) is 38.1 Å². The molecule has 168 valence electrons. The normalized spacial score (nSPS) is 13.6. The molecule has 4 rings (SSSR count). The predicted octanol–water partition coefficient (Wildman–Crippen LogP) is 5.22. The summed E-state index contributed by atoms with van der Waals surface area (Å²) in [7, 11) is 0. The van der Waals surface area contributed by atoms with Crippen LogP contribution in [0.5, 0.6) is 5.75 Å². The van der Waals surface area contributed by atoms with Crippen LogP contribution in [0.15, 0.2) is 72.7 Å². The van der Waals surface area contributed by atoms with Gasteiger partial charge in [0.25, 0.3) is 11.8 Å². The number of carbonyl (C=O) groups is 2. The van der Waals surface area contributed by atoms with Crippen molar-refractivity contribution < 1.29 is 14.3 Å². The van der Waals surface area contributed by atoms with Crippen molar-refractivity contribution in [2.45, 2.75) is 26.8 Å². The number of imide groups is 1. The lowest BCUT2D eigenvalue weighted by atomic mass is 10.0. The van der Waals surface area contributed by atoms with Gasteiger partial charge in [-0.1, -0.05) is 42.8 Å². The maximum atomic E-state index is 13.5. The van der Waals surface area contributed by atoms with E-state index in [-0.39, 0.29) is 18.1 Å². The van der Waals surface area contributed by atoms with Gasteiger partial charge >= 0.3 is 0 Å². The number of pyridine rings is 1. The summed E-state index contributed by atoms with van der Waals surface area (Å²) in [6.07, 6.45) is 4.20. The van der Waals surface area contributed by atoms with Gasteiger partial charge in [0, 0.05) is 23.1 Å². The maximum absolute atomic E-state index is 13.5. The van der Waals surface area contributed by atoms with Gasteiger partial charge in [0.2, 0.25) is 0 Å². The molecule has 2 heterocycles. The monoisotopic (exact) mass is 461 g/mol. The molecule has 1 N–H and O–H groups in total. The molecule has 6 nitrogen and oxygen atoms in total. The third kappa shape index (κ3) is 4.76. The van der Waals surface area contributed by atoms with Gasteiger partial charge in [0.1, 0.15) is 11.4 Å². The maximum Gasteiger partial charge on any atom is 0.278 e. The Morgan fingerprint density at radius 2 is 1.82 bits per heavy atom. The van der Waals surface area contributed by atoms with Crippen molar-refractivity contribution in [3.63, 3.8) is 0 Å². The molecule has 0 bridgehead atoms. The van der Waals surface area contributed by atoms with Gasteiger partial charge in [-0.15, -0.1) is 0 Å². The number of hydrogen-bond donors (Lipinski definition) is 1. The van der Waals surface area contributed by atoms with Crippen molar-refractivity contribution >= 4 is 34.7 Å². The zero-order valence-electron chi connectivity index (χ0n) is 18.5. The first-order valence-corrected chi connectivity index (χ1v) is 11.1. The minimum atomic E-state index is -0.399.